The molecular formula is C28H26ClFN2O4. The van der Waals surface area contributed by atoms with E-state index in [1.54, 1.807) is 18.3 Å². The minimum atomic E-state index is -0.993. The van der Waals surface area contributed by atoms with Crippen LogP contribution in [0.5, 0.6) is 5.75 Å². The number of aromatic amines is 1. The van der Waals surface area contributed by atoms with Crippen molar-refractivity contribution in [3.05, 3.63) is 94.4 Å². The van der Waals surface area contributed by atoms with Crippen LogP contribution in [0.2, 0.25) is 5.02 Å². The molecule has 6 nitrogen and oxygen atoms in total. The molecule has 3 aromatic carbocycles. The molecule has 1 heterocycles. The molecule has 0 aliphatic carbocycles. The van der Waals surface area contributed by atoms with E-state index in [2.05, 4.69) is 10.2 Å². The SMILES string of the molecule is CCC(=C(c1ccc(OCCCOCC(=O)O)cc1)c1ccc2[nH]ncc2c1)c1ccc(Cl)cc1F. The summed E-state index contributed by atoms with van der Waals surface area (Å²) >= 11 is 6.02. The Bertz CT molecular complexity index is 1380. The Balaban J connectivity index is 1.66. The number of carbonyl (C=O) groups is 1. The molecule has 0 spiro atoms. The lowest BCUT2D eigenvalue weighted by Crippen LogP contribution is -2.09. The summed E-state index contributed by atoms with van der Waals surface area (Å²) in [6.07, 6.45) is 2.94. The van der Waals surface area contributed by atoms with Gasteiger partial charge in [0.05, 0.1) is 24.9 Å². The van der Waals surface area contributed by atoms with E-state index in [-0.39, 0.29) is 12.4 Å². The molecule has 0 fully saturated rings. The van der Waals surface area contributed by atoms with Crippen molar-refractivity contribution >= 4 is 39.6 Å². The zero-order valence-electron chi connectivity index (χ0n) is 19.8. The fourth-order valence-corrected chi connectivity index (χ4v) is 4.24. The first-order valence-corrected chi connectivity index (χ1v) is 12.0. The normalized spacial score (nSPS) is 12.0. The standard InChI is InChI=1S/C28H26ClFN2O4/c1-2-23(24-10-7-21(29)15-25(24)30)28(19-6-11-26-20(14-19)16-31-32-26)18-4-8-22(9-5-18)36-13-3-12-35-17-27(33)34/h4-11,14-16H,2-3,12-13,17H2,1H3,(H,31,32)(H,33,34). The van der Waals surface area contributed by atoms with E-state index in [1.165, 1.54) is 6.07 Å². The summed E-state index contributed by atoms with van der Waals surface area (Å²) in [6, 6.07) is 18.4. The summed E-state index contributed by atoms with van der Waals surface area (Å²) in [6.45, 7) is 2.39. The van der Waals surface area contributed by atoms with E-state index in [0.29, 0.717) is 42.4 Å². The van der Waals surface area contributed by atoms with Gasteiger partial charge in [-0.05, 0) is 65.1 Å². The maximum Gasteiger partial charge on any atom is 0.329 e. The Morgan fingerprint density at radius 2 is 1.83 bits per heavy atom. The number of nitrogens with one attached hydrogen (secondary N) is 1. The van der Waals surface area contributed by atoms with Gasteiger partial charge in [0.15, 0.2) is 0 Å². The average molecular weight is 509 g/mol. The molecule has 0 saturated carbocycles. The van der Waals surface area contributed by atoms with Gasteiger partial charge in [-0.3, -0.25) is 5.10 Å². The van der Waals surface area contributed by atoms with E-state index >= 15 is 4.39 Å². The number of benzene rings is 3. The van der Waals surface area contributed by atoms with Gasteiger partial charge in [0, 0.05) is 22.4 Å². The summed E-state index contributed by atoms with van der Waals surface area (Å²) in [5, 5.41) is 17.0. The number of fused-ring (bicyclic) bond motifs is 1. The average Bonchev–Trinajstić information content (AvgIpc) is 3.33. The summed E-state index contributed by atoms with van der Waals surface area (Å²) in [5.74, 6) is -0.684. The lowest BCUT2D eigenvalue weighted by atomic mass is 9.87. The van der Waals surface area contributed by atoms with E-state index in [9.17, 15) is 4.79 Å². The first-order valence-electron chi connectivity index (χ1n) is 11.6. The second kappa shape index (κ2) is 11.8. The molecule has 4 aromatic rings. The van der Waals surface area contributed by atoms with Gasteiger partial charge >= 0.3 is 5.97 Å². The van der Waals surface area contributed by atoms with Crippen LogP contribution in [0.15, 0.2) is 66.9 Å². The van der Waals surface area contributed by atoms with Gasteiger partial charge in [-0.1, -0.05) is 42.8 Å². The smallest absolute Gasteiger partial charge is 0.329 e. The van der Waals surface area contributed by atoms with Crippen LogP contribution >= 0.6 is 11.6 Å². The predicted molar refractivity (Wildman–Crippen MR) is 139 cm³/mol. The van der Waals surface area contributed by atoms with Crippen LogP contribution in [0, 0.1) is 5.82 Å². The van der Waals surface area contributed by atoms with Crippen LogP contribution in [0.3, 0.4) is 0 Å². The van der Waals surface area contributed by atoms with Gasteiger partial charge in [0.2, 0.25) is 0 Å². The fraction of sp³-hybridized carbons (Fsp3) is 0.214. The number of carboxylic acids is 1. The molecule has 0 aliphatic rings. The first-order chi connectivity index (χ1) is 17.5. The molecule has 0 aliphatic heterocycles. The van der Waals surface area contributed by atoms with Crippen molar-refractivity contribution in [2.24, 2.45) is 0 Å². The quantitative estimate of drug-likeness (QED) is 0.176. The van der Waals surface area contributed by atoms with Crippen LogP contribution in [-0.4, -0.2) is 41.1 Å². The molecule has 0 unspecified atom stereocenters. The van der Waals surface area contributed by atoms with Gasteiger partial charge in [-0.15, -0.1) is 0 Å². The lowest BCUT2D eigenvalue weighted by Gasteiger charge is -2.17. The predicted octanol–water partition coefficient (Wildman–Crippen LogP) is 6.59. The van der Waals surface area contributed by atoms with Crippen molar-refractivity contribution < 1.29 is 23.8 Å². The van der Waals surface area contributed by atoms with E-state index in [4.69, 9.17) is 26.2 Å². The lowest BCUT2D eigenvalue weighted by molar-refractivity contribution is -0.142. The third-order valence-corrected chi connectivity index (χ3v) is 5.95. The molecule has 186 valence electrons. The summed E-state index contributed by atoms with van der Waals surface area (Å²) in [4.78, 5) is 10.5. The van der Waals surface area contributed by atoms with Crippen LogP contribution < -0.4 is 4.74 Å². The molecule has 2 N–H and O–H groups in total. The number of ether oxygens (including phenoxy) is 2. The molecule has 8 heteroatoms. The largest absolute Gasteiger partial charge is 0.494 e. The number of nitrogens with zero attached hydrogens (tertiary/aromatic N) is 1. The van der Waals surface area contributed by atoms with Gasteiger partial charge in [-0.2, -0.15) is 5.10 Å². The van der Waals surface area contributed by atoms with Gasteiger partial charge in [-0.25, -0.2) is 9.18 Å². The Morgan fingerprint density at radius 3 is 2.56 bits per heavy atom. The maximum atomic E-state index is 15.0. The zero-order chi connectivity index (χ0) is 25.5. The Labute approximate surface area is 213 Å². The number of halogens is 2. The van der Waals surface area contributed by atoms with Crippen molar-refractivity contribution in [2.75, 3.05) is 19.8 Å². The monoisotopic (exact) mass is 508 g/mol. The molecule has 0 atom stereocenters. The van der Waals surface area contributed by atoms with Gasteiger partial charge in [0.25, 0.3) is 0 Å². The summed E-state index contributed by atoms with van der Waals surface area (Å²) < 4.78 is 25.8. The van der Waals surface area contributed by atoms with E-state index in [1.807, 2.05) is 49.4 Å². The van der Waals surface area contributed by atoms with Crippen molar-refractivity contribution in [2.45, 2.75) is 19.8 Å². The van der Waals surface area contributed by atoms with Crippen LogP contribution in [0.4, 0.5) is 4.39 Å². The van der Waals surface area contributed by atoms with Gasteiger partial charge < -0.3 is 14.6 Å². The molecule has 0 amide bonds. The number of hydrogen-bond acceptors (Lipinski definition) is 4. The third-order valence-electron chi connectivity index (χ3n) is 5.71. The Hall–Kier alpha value is -3.68. The fourth-order valence-electron chi connectivity index (χ4n) is 4.08. The number of aliphatic carboxylic acids is 1. The van der Waals surface area contributed by atoms with Crippen molar-refractivity contribution in [3.8, 4) is 5.75 Å². The third kappa shape index (κ3) is 6.11. The minimum absolute atomic E-state index is 0.306. The molecule has 4 rings (SSSR count). The van der Waals surface area contributed by atoms with Crippen molar-refractivity contribution in [1.29, 1.82) is 0 Å². The summed E-state index contributed by atoms with van der Waals surface area (Å²) in [7, 11) is 0. The Morgan fingerprint density at radius 1 is 1.06 bits per heavy atom. The molecule has 36 heavy (non-hydrogen) atoms. The highest BCUT2D eigenvalue weighted by Gasteiger charge is 2.17. The number of aromatic nitrogens is 2. The van der Waals surface area contributed by atoms with Crippen molar-refractivity contribution in [1.82, 2.24) is 10.2 Å². The number of rotatable bonds is 11. The minimum Gasteiger partial charge on any atom is -0.494 e. The Kier molecular flexibility index (Phi) is 8.36. The maximum absolute atomic E-state index is 15.0. The topological polar surface area (TPSA) is 84.4 Å². The van der Waals surface area contributed by atoms with Crippen LogP contribution in [0.25, 0.3) is 22.0 Å². The first kappa shape index (κ1) is 25.4. The van der Waals surface area contributed by atoms with Crippen LogP contribution in [-0.2, 0) is 9.53 Å². The molecular weight excluding hydrogens is 483 g/mol. The number of allylic oxidation sites excluding steroid dienone is 1. The highest BCUT2D eigenvalue weighted by Crippen LogP contribution is 2.37. The molecule has 0 radical (unpaired) electrons. The number of carboxylic acid groups (broad SMARTS) is 1. The molecule has 0 bridgehead atoms. The molecule has 1 aromatic heterocycles. The molecule has 0 saturated heterocycles. The van der Waals surface area contributed by atoms with E-state index in [0.717, 1.165) is 33.2 Å². The summed E-state index contributed by atoms with van der Waals surface area (Å²) in [5.41, 5.74) is 5.06. The number of hydrogen-bond donors (Lipinski definition) is 2. The van der Waals surface area contributed by atoms with Crippen LogP contribution in [0.1, 0.15) is 36.5 Å². The van der Waals surface area contributed by atoms with E-state index < -0.39 is 5.97 Å². The zero-order valence-corrected chi connectivity index (χ0v) is 20.5. The number of H-pyrrole nitrogens is 1. The van der Waals surface area contributed by atoms with Crippen molar-refractivity contribution in [3.63, 3.8) is 0 Å². The second-order valence-electron chi connectivity index (χ2n) is 8.18. The second-order valence-corrected chi connectivity index (χ2v) is 8.61. The highest BCUT2D eigenvalue weighted by molar-refractivity contribution is 6.30. The van der Waals surface area contributed by atoms with Gasteiger partial charge in [0.1, 0.15) is 18.2 Å². The highest BCUT2D eigenvalue weighted by atomic mass is 35.5.